The van der Waals surface area contributed by atoms with Crippen molar-refractivity contribution in [1.82, 2.24) is 4.57 Å². The van der Waals surface area contributed by atoms with Gasteiger partial charge in [0.2, 0.25) is 0 Å². The van der Waals surface area contributed by atoms with Crippen LogP contribution in [-0.2, 0) is 7.05 Å². The fourth-order valence-electron chi connectivity index (χ4n) is 1.99. The lowest BCUT2D eigenvalue weighted by atomic mass is 10.0. The minimum Gasteiger partial charge on any atom is -0.350 e. The standard InChI is InChI=1S/C13H17N/c1-9(2)12-8-14(4)13-7-10(3)5-6-11(12)13/h5-9H,1-4H3. The molecule has 0 aliphatic rings. The molecule has 1 heteroatoms. The van der Waals surface area contributed by atoms with Gasteiger partial charge in [-0.15, -0.1) is 0 Å². The Morgan fingerprint density at radius 3 is 2.57 bits per heavy atom. The highest BCUT2D eigenvalue weighted by molar-refractivity contribution is 5.85. The molecule has 74 valence electrons. The normalized spacial score (nSPS) is 11.5. The summed E-state index contributed by atoms with van der Waals surface area (Å²) >= 11 is 0. The monoisotopic (exact) mass is 187 g/mol. The number of fused-ring (bicyclic) bond motifs is 1. The molecule has 0 fully saturated rings. The number of aromatic nitrogens is 1. The van der Waals surface area contributed by atoms with Gasteiger partial charge in [0.15, 0.2) is 0 Å². The van der Waals surface area contributed by atoms with E-state index < -0.39 is 0 Å². The van der Waals surface area contributed by atoms with E-state index in [0.717, 1.165) is 0 Å². The molecule has 0 atom stereocenters. The van der Waals surface area contributed by atoms with E-state index in [-0.39, 0.29) is 0 Å². The molecule has 0 spiro atoms. The number of rotatable bonds is 1. The largest absolute Gasteiger partial charge is 0.350 e. The third-order valence-electron chi connectivity index (χ3n) is 2.80. The van der Waals surface area contributed by atoms with Crippen LogP contribution in [0.1, 0.15) is 30.9 Å². The van der Waals surface area contributed by atoms with Crippen LogP contribution in [-0.4, -0.2) is 4.57 Å². The van der Waals surface area contributed by atoms with Gasteiger partial charge in [-0.3, -0.25) is 0 Å². The summed E-state index contributed by atoms with van der Waals surface area (Å²) in [4.78, 5) is 0. The lowest BCUT2D eigenvalue weighted by Gasteiger charge is -2.01. The Bertz CT molecular complexity index is 463. The van der Waals surface area contributed by atoms with Crippen molar-refractivity contribution >= 4 is 10.9 Å². The SMILES string of the molecule is Cc1ccc2c(C(C)C)cn(C)c2c1. The smallest absolute Gasteiger partial charge is 0.0483 e. The Kier molecular flexibility index (Phi) is 2.10. The topological polar surface area (TPSA) is 4.93 Å². The van der Waals surface area contributed by atoms with E-state index in [1.807, 2.05) is 0 Å². The van der Waals surface area contributed by atoms with E-state index in [0.29, 0.717) is 5.92 Å². The molecule has 1 aromatic carbocycles. The van der Waals surface area contributed by atoms with Gasteiger partial charge < -0.3 is 4.57 Å². The first kappa shape index (κ1) is 9.32. The maximum Gasteiger partial charge on any atom is 0.0483 e. The van der Waals surface area contributed by atoms with Crippen molar-refractivity contribution in [3.8, 4) is 0 Å². The van der Waals surface area contributed by atoms with Crippen molar-refractivity contribution in [2.75, 3.05) is 0 Å². The zero-order chi connectivity index (χ0) is 10.3. The first-order valence-electron chi connectivity index (χ1n) is 5.15. The van der Waals surface area contributed by atoms with Crippen LogP contribution in [0.5, 0.6) is 0 Å². The molecule has 0 unspecified atom stereocenters. The van der Waals surface area contributed by atoms with Crippen LogP contribution >= 0.6 is 0 Å². The summed E-state index contributed by atoms with van der Waals surface area (Å²) in [6, 6.07) is 6.68. The van der Waals surface area contributed by atoms with Crippen LogP contribution in [0.15, 0.2) is 24.4 Å². The summed E-state index contributed by atoms with van der Waals surface area (Å²) in [5, 5.41) is 1.40. The van der Waals surface area contributed by atoms with E-state index in [2.05, 4.69) is 56.8 Å². The van der Waals surface area contributed by atoms with Gasteiger partial charge in [0.05, 0.1) is 0 Å². The highest BCUT2D eigenvalue weighted by atomic mass is 14.9. The van der Waals surface area contributed by atoms with Crippen molar-refractivity contribution in [2.45, 2.75) is 26.7 Å². The highest BCUT2D eigenvalue weighted by Gasteiger charge is 2.08. The molecule has 1 aromatic heterocycles. The van der Waals surface area contributed by atoms with Crippen LogP contribution in [0.3, 0.4) is 0 Å². The summed E-state index contributed by atoms with van der Waals surface area (Å²) in [6.07, 6.45) is 2.24. The van der Waals surface area contributed by atoms with Gasteiger partial charge in [-0.1, -0.05) is 26.0 Å². The van der Waals surface area contributed by atoms with Gasteiger partial charge in [-0.2, -0.15) is 0 Å². The molecule has 2 rings (SSSR count). The second-order valence-corrected chi connectivity index (χ2v) is 4.37. The molecule has 2 aromatic rings. The Labute approximate surface area is 85.4 Å². The lowest BCUT2D eigenvalue weighted by molar-refractivity contribution is 0.857. The summed E-state index contributed by atoms with van der Waals surface area (Å²) in [6.45, 7) is 6.63. The minimum atomic E-state index is 0.599. The fourth-order valence-corrected chi connectivity index (χ4v) is 1.99. The van der Waals surface area contributed by atoms with Gasteiger partial charge in [-0.05, 0) is 30.0 Å². The van der Waals surface area contributed by atoms with E-state index in [9.17, 15) is 0 Å². The first-order valence-corrected chi connectivity index (χ1v) is 5.15. The Morgan fingerprint density at radius 2 is 1.93 bits per heavy atom. The van der Waals surface area contributed by atoms with Gasteiger partial charge in [0.1, 0.15) is 0 Å². The highest BCUT2D eigenvalue weighted by Crippen LogP contribution is 2.27. The molecule has 0 aliphatic carbocycles. The predicted molar refractivity (Wildman–Crippen MR) is 61.7 cm³/mol. The maximum atomic E-state index is 2.25. The molecule has 0 amide bonds. The average molecular weight is 187 g/mol. The summed E-state index contributed by atoms with van der Waals surface area (Å²) in [5.41, 5.74) is 4.12. The zero-order valence-electron chi connectivity index (χ0n) is 9.33. The van der Waals surface area contributed by atoms with Crippen LogP contribution in [0, 0.1) is 6.92 Å². The number of benzene rings is 1. The quantitative estimate of drug-likeness (QED) is 0.642. The van der Waals surface area contributed by atoms with E-state index in [1.54, 1.807) is 0 Å². The fraction of sp³-hybridized carbons (Fsp3) is 0.385. The number of aryl methyl sites for hydroxylation is 2. The van der Waals surface area contributed by atoms with Crippen molar-refractivity contribution in [3.05, 3.63) is 35.5 Å². The molecule has 0 bridgehead atoms. The van der Waals surface area contributed by atoms with E-state index in [1.165, 1.54) is 22.0 Å². The summed E-state index contributed by atoms with van der Waals surface area (Å²) in [7, 11) is 2.12. The first-order chi connectivity index (χ1) is 6.59. The summed E-state index contributed by atoms with van der Waals surface area (Å²) in [5.74, 6) is 0.599. The third-order valence-corrected chi connectivity index (χ3v) is 2.80. The van der Waals surface area contributed by atoms with Crippen molar-refractivity contribution in [2.24, 2.45) is 7.05 Å². The van der Waals surface area contributed by atoms with Gasteiger partial charge in [-0.25, -0.2) is 0 Å². The van der Waals surface area contributed by atoms with Crippen LogP contribution in [0.4, 0.5) is 0 Å². The van der Waals surface area contributed by atoms with Crippen molar-refractivity contribution in [3.63, 3.8) is 0 Å². The second-order valence-electron chi connectivity index (χ2n) is 4.37. The molecular formula is C13H17N. The van der Waals surface area contributed by atoms with Crippen molar-refractivity contribution in [1.29, 1.82) is 0 Å². The molecule has 14 heavy (non-hydrogen) atoms. The number of nitrogens with zero attached hydrogens (tertiary/aromatic N) is 1. The van der Waals surface area contributed by atoms with E-state index >= 15 is 0 Å². The average Bonchev–Trinajstić information content (AvgIpc) is 2.44. The molecule has 0 aliphatic heterocycles. The summed E-state index contributed by atoms with van der Waals surface area (Å²) < 4.78 is 2.22. The van der Waals surface area contributed by atoms with Crippen molar-refractivity contribution < 1.29 is 0 Å². The Balaban J connectivity index is 2.77. The molecule has 1 nitrogen and oxygen atoms in total. The van der Waals surface area contributed by atoms with Crippen LogP contribution in [0.2, 0.25) is 0 Å². The third kappa shape index (κ3) is 1.33. The van der Waals surface area contributed by atoms with Gasteiger partial charge >= 0.3 is 0 Å². The number of hydrogen-bond donors (Lipinski definition) is 0. The van der Waals surface area contributed by atoms with Gasteiger partial charge in [0, 0.05) is 24.1 Å². The predicted octanol–water partition coefficient (Wildman–Crippen LogP) is 3.61. The molecule has 0 N–H and O–H groups in total. The maximum absolute atomic E-state index is 2.25. The Morgan fingerprint density at radius 1 is 1.21 bits per heavy atom. The molecule has 0 radical (unpaired) electrons. The molecule has 0 saturated carbocycles. The van der Waals surface area contributed by atoms with Crippen LogP contribution in [0.25, 0.3) is 10.9 Å². The molecule has 1 heterocycles. The Hall–Kier alpha value is -1.24. The van der Waals surface area contributed by atoms with E-state index in [4.69, 9.17) is 0 Å². The zero-order valence-corrected chi connectivity index (χ0v) is 9.33. The molecular weight excluding hydrogens is 170 g/mol. The minimum absolute atomic E-state index is 0.599. The van der Waals surface area contributed by atoms with Crippen LogP contribution < -0.4 is 0 Å². The number of hydrogen-bond acceptors (Lipinski definition) is 0. The molecule has 0 saturated heterocycles. The van der Waals surface area contributed by atoms with Gasteiger partial charge in [0.25, 0.3) is 0 Å². The second kappa shape index (κ2) is 3.16. The lowest BCUT2D eigenvalue weighted by Crippen LogP contribution is -1.84.